The zero-order valence-corrected chi connectivity index (χ0v) is 6.14. The highest BCUT2D eigenvalue weighted by Gasteiger charge is 1.96. The van der Waals surface area contributed by atoms with E-state index in [2.05, 4.69) is 31.4 Å². The fourth-order valence-corrected chi connectivity index (χ4v) is 0.969. The van der Waals surface area contributed by atoms with Crippen molar-refractivity contribution in [2.75, 3.05) is 0 Å². The Labute approximate surface area is 62.3 Å². The second-order valence-corrected chi connectivity index (χ2v) is 2.37. The van der Waals surface area contributed by atoms with Crippen LogP contribution < -0.4 is 0 Å². The van der Waals surface area contributed by atoms with Gasteiger partial charge >= 0.3 is 0 Å². The van der Waals surface area contributed by atoms with Crippen LogP contribution in [0.4, 0.5) is 0 Å². The monoisotopic (exact) mass is 132 g/mol. The number of allylic oxidation sites excluding steroid dienone is 6. The van der Waals surface area contributed by atoms with Gasteiger partial charge in [-0.1, -0.05) is 37.5 Å². The highest BCUT2D eigenvalue weighted by atomic mass is 14.0. The van der Waals surface area contributed by atoms with Gasteiger partial charge < -0.3 is 0 Å². The van der Waals surface area contributed by atoms with Crippen molar-refractivity contribution in [1.82, 2.24) is 0 Å². The quantitative estimate of drug-likeness (QED) is 0.507. The fourth-order valence-electron chi connectivity index (χ4n) is 0.969. The summed E-state index contributed by atoms with van der Waals surface area (Å²) in [4.78, 5) is 0. The summed E-state index contributed by atoms with van der Waals surface area (Å²) in [6.07, 6.45) is 10.6. The lowest BCUT2D eigenvalue weighted by Gasteiger charge is -2.04. The third-order valence-electron chi connectivity index (χ3n) is 1.61. The van der Waals surface area contributed by atoms with Crippen LogP contribution in [0.15, 0.2) is 48.6 Å². The fraction of sp³-hybridized carbons (Fsp3) is 0.200. The molecule has 52 valence electrons. The molecule has 1 aliphatic rings. The van der Waals surface area contributed by atoms with E-state index in [4.69, 9.17) is 0 Å². The lowest BCUT2D eigenvalue weighted by atomic mass is 10.0. The van der Waals surface area contributed by atoms with E-state index in [1.165, 1.54) is 5.57 Å². The van der Waals surface area contributed by atoms with Crippen LogP contribution in [-0.4, -0.2) is 0 Å². The van der Waals surface area contributed by atoms with Crippen molar-refractivity contribution in [3.63, 3.8) is 0 Å². The molecule has 0 nitrogen and oxygen atoms in total. The molecule has 10 heavy (non-hydrogen) atoms. The predicted octanol–water partition coefficient (Wildman–Crippen LogP) is 3.01. The van der Waals surface area contributed by atoms with Crippen molar-refractivity contribution in [2.45, 2.75) is 12.8 Å². The Morgan fingerprint density at radius 1 is 1.50 bits per heavy atom. The first-order valence-electron chi connectivity index (χ1n) is 3.53. The molecule has 0 radical (unpaired) electrons. The highest BCUT2D eigenvalue weighted by molar-refractivity contribution is 5.44. The van der Waals surface area contributed by atoms with E-state index in [0.29, 0.717) is 0 Å². The SMILES string of the molecule is C=CC(=C)C1=CCCC=C1. The van der Waals surface area contributed by atoms with Gasteiger partial charge in [-0.05, 0) is 24.0 Å². The average Bonchev–Trinajstić information content (AvgIpc) is 2.05. The molecule has 0 amide bonds. The molecule has 0 heterocycles. The molecule has 1 aliphatic carbocycles. The van der Waals surface area contributed by atoms with Crippen molar-refractivity contribution in [2.24, 2.45) is 0 Å². The topological polar surface area (TPSA) is 0 Å². The molecule has 0 spiro atoms. The Bertz CT molecular complexity index is 204. The van der Waals surface area contributed by atoms with Gasteiger partial charge in [0.2, 0.25) is 0 Å². The van der Waals surface area contributed by atoms with Crippen molar-refractivity contribution in [3.05, 3.63) is 48.6 Å². The molecule has 0 saturated carbocycles. The Kier molecular flexibility index (Phi) is 2.27. The molecule has 0 aliphatic heterocycles. The second kappa shape index (κ2) is 3.21. The maximum atomic E-state index is 3.86. The summed E-state index contributed by atoms with van der Waals surface area (Å²) in [6.45, 7) is 7.52. The van der Waals surface area contributed by atoms with Crippen LogP contribution in [0, 0.1) is 0 Å². The van der Waals surface area contributed by atoms with Gasteiger partial charge in [0.05, 0.1) is 0 Å². The summed E-state index contributed by atoms with van der Waals surface area (Å²) in [5.74, 6) is 0. The Hall–Kier alpha value is -1.04. The zero-order valence-electron chi connectivity index (χ0n) is 6.14. The van der Waals surface area contributed by atoms with Crippen LogP contribution in [0.5, 0.6) is 0 Å². The third kappa shape index (κ3) is 1.47. The van der Waals surface area contributed by atoms with Crippen LogP contribution in [0.2, 0.25) is 0 Å². The molecule has 0 aromatic heterocycles. The molecular formula is C10H12. The molecule has 0 fully saturated rings. The van der Waals surface area contributed by atoms with Crippen molar-refractivity contribution in [1.29, 1.82) is 0 Å². The van der Waals surface area contributed by atoms with Crippen LogP contribution in [0.3, 0.4) is 0 Å². The maximum Gasteiger partial charge on any atom is -0.0233 e. The minimum atomic E-state index is 1.02. The van der Waals surface area contributed by atoms with E-state index < -0.39 is 0 Å². The Morgan fingerprint density at radius 2 is 2.30 bits per heavy atom. The van der Waals surface area contributed by atoms with E-state index in [0.717, 1.165) is 18.4 Å². The molecule has 0 N–H and O–H groups in total. The van der Waals surface area contributed by atoms with Gasteiger partial charge in [-0.25, -0.2) is 0 Å². The minimum absolute atomic E-state index is 1.02. The Balaban J connectivity index is 2.72. The van der Waals surface area contributed by atoms with E-state index in [1.807, 2.05) is 0 Å². The Morgan fingerprint density at radius 3 is 2.80 bits per heavy atom. The van der Waals surface area contributed by atoms with Gasteiger partial charge in [-0.15, -0.1) is 0 Å². The first kappa shape index (κ1) is 7.07. The van der Waals surface area contributed by atoms with Crippen LogP contribution in [-0.2, 0) is 0 Å². The van der Waals surface area contributed by atoms with E-state index in [-0.39, 0.29) is 0 Å². The first-order chi connectivity index (χ1) is 4.84. The first-order valence-corrected chi connectivity index (χ1v) is 3.53. The van der Waals surface area contributed by atoms with E-state index in [9.17, 15) is 0 Å². The molecule has 0 aromatic rings. The van der Waals surface area contributed by atoms with E-state index >= 15 is 0 Å². The molecule has 0 unspecified atom stereocenters. The van der Waals surface area contributed by atoms with Crippen LogP contribution in [0.25, 0.3) is 0 Å². The van der Waals surface area contributed by atoms with Crippen molar-refractivity contribution in [3.8, 4) is 0 Å². The molecule has 0 heteroatoms. The van der Waals surface area contributed by atoms with E-state index in [1.54, 1.807) is 6.08 Å². The molecule has 1 rings (SSSR count). The summed E-state index contributed by atoms with van der Waals surface area (Å²) < 4.78 is 0. The van der Waals surface area contributed by atoms with Gasteiger partial charge in [-0.3, -0.25) is 0 Å². The summed E-state index contributed by atoms with van der Waals surface area (Å²) in [5, 5.41) is 0. The molecule has 0 aromatic carbocycles. The largest absolute Gasteiger partial charge is 0.0985 e. The lowest BCUT2D eigenvalue weighted by Crippen LogP contribution is -1.85. The summed E-state index contributed by atoms with van der Waals surface area (Å²) in [5.41, 5.74) is 2.25. The van der Waals surface area contributed by atoms with Gasteiger partial charge in [0.1, 0.15) is 0 Å². The normalized spacial score (nSPS) is 16.2. The van der Waals surface area contributed by atoms with Crippen molar-refractivity contribution < 1.29 is 0 Å². The van der Waals surface area contributed by atoms with Gasteiger partial charge in [-0.2, -0.15) is 0 Å². The highest BCUT2D eigenvalue weighted by Crippen LogP contribution is 2.16. The third-order valence-corrected chi connectivity index (χ3v) is 1.61. The summed E-state index contributed by atoms with van der Waals surface area (Å²) in [7, 11) is 0. The standard InChI is InChI=1S/C10H12/c1-3-9(2)10-7-5-4-6-8-10/h3,5,7-8H,1-2,4,6H2. The minimum Gasteiger partial charge on any atom is -0.0985 e. The average molecular weight is 132 g/mol. The summed E-state index contributed by atoms with van der Waals surface area (Å²) >= 11 is 0. The van der Waals surface area contributed by atoms with Crippen molar-refractivity contribution >= 4 is 0 Å². The molecule has 0 bridgehead atoms. The van der Waals surface area contributed by atoms with Gasteiger partial charge in [0.25, 0.3) is 0 Å². The van der Waals surface area contributed by atoms with Crippen LogP contribution >= 0.6 is 0 Å². The maximum absolute atomic E-state index is 3.86. The number of rotatable bonds is 2. The van der Waals surface area contributed by atoms with Crippen LogP contribution in [0.1, 0.15) is 12.8 Å². The molecule has 0 saturated heterocycles. The second-order valence-electron chi connectivity index (χ2n) is 2.37. The smallest absolute Gasteiger partial charge is 0.0233 e. The molecular weight excluding hydrogens is 120 g/mol. The summed E-state index contributed by atoms with van der Waals surface area (Å²) in [6, 6.07) is 0. The zero-order chi connectivity index (χ0) is 7.40. The number of hydrogen-bond donors (Lipinski definition) is 0. The lowest BCUT2D eigenvalue weighted by molar-refractivity contribution is 1.02. The number of hydrogen-bond acceptors (Lipinski definition) is 0. The van der Waals surface area contributed by atoms with Gasteiger partial charge in [0, 0.05) is 0 Å². The van der Waals surface area contributed by atoms with Gasteiger partial charge in [0.15, 0.2) is 0 Å². The predicted molar refractivity (Wildman–Crippen MR) is 45.8 cm³/mol. The molecule has 0 atom stereocenters.